The molecule has 0 bridgehead atoms. The van der Waals surface area contributed by atoms with E-state index < -0.39 is 0 Å². The zero-order valence-corrected chi connectivity index (χ0v) is 11.6. The van der Waals surface area contributed by atoms with Crippen LogP contribution in [0.3, 0.4) is 0 Å². The number of hydrogen-bond acceptors (Lipinski definition) is 2. The highest BCUT2D eigenvalue weighted by Gasteiger charge is 2.33. The molecule has 1 aliphatic carbocycles. The number of rotatable bonds is 2. The van der Waals surface area contributed by atoms with Gasteiger partial charge in [-0.25, -0.2) is 0 Å². The summed E-state index contributed by atoms with van der Waals surface area (Å²) in [7, 11) is 0. The van der Waals surface area contributed by atoms with E-state index in [0.717, 1.165) is 18.8 Å². The van der Waals surface area contributed by atoms with Gasteiger partial charge < -0.3 is 5.73 Å². The second-order valence-corrected chi connectivity index (χ2v) is 5.91. The van der Waals surface area contributed by atoms with Gasteiger partial charge in [0.2, 0.25) is 0 Å². The number of pyridine rings is 1. The van der Waals surface area contributed by atoms with E-state index in [1.165, 1.54) is 35.6 Å². The normalized spacial score (nSPS) is 27.6. The highest BCUT2D eigenvalue weighted by atomic mass is 14.8. The molecule has 1 aromatic heterocycles. The van der Waals surface area contributed by atoms with Crippen molar-refractivity contribution in [1.82, 2.24) is 4.98 Å². The standard InChI is InChI=1S/C17H22N2/c1-2-13-6-9-17(18,10-7-13)16-5-3-4-14-12-19-11-8-15(14)16/h3-5,8,11-13H,2,6-7,9-10,18H2,1H3. The molecule has 0 amide bonds. The molecule has 2 nitrogen and oxygen atoms in total. The minimum Gasteiger partial charge on any atom is -0.321 e. The quantitative estimate of drug-likeness (QED) is 0.880. The van der Waals surface area contributed by atoms with Gasteiger partial charge in [-0.3, -0.25) is 4.98 Å². The third-order valence-corrected chi connectivity index (χ3v) is 4.79. The molecule has 2 aromatic rings. The zero-order valence-electron chi connectivity index (χ0n) is 11.6. The molecule has 1 aromatic carbocycles. The summed E-state index contributed by atoms with van der Waals surface area (Å²) in [6.07, 6.45) is 9.81. The summed E-state index contributed by atoms with van der Waals surface area (Å²) in [5.74, 6) is 0.869. The van der Waals surface area contributed by atoms with Gasteiger partial charge >= 0.3 is 0 Å². The number of benzene rings is 1. The van der Waals surface area contributed by atoms with Gasteiger partial charge in [0, 0.05) is 23.3 Å². The summed E-state index contributed by atoms with van der Waals surface area (Å²) in [6.45, 7) is 2.29. The number of nitrogens with zero attached hydrogens (tertiary/aromatic N) is 1. The molecule has 19 heavy (non-hydrogen) atoms. The molecule has 100 valence electrons. The first-order chi connectivity index (χ1) is 9.23. The largest absolute Gasteiger partial charge is 0.321 e. The zero-order chi connectivity index (χ0) is 13.3. The maximum absolute atomic E-state index is 6.74. The van der Waals surface area contributed by atoms with Crippen molar-refractivity contribution in [2.45, 2.75) is 44.6 Å². The fourth-order valence-electron chi connectivity index (χ4n) is 3.43. The smallest absolute Gasteiger partial charge is 0.0416 e. The number of aromatic nitrogens is 1. The summed E-state index contributed by atoms with van der Waals surface area (Å²) >= 11 is 0. The van der Waals surface area contributed by atoms with Crippen molar-refractivity contribution in [3.63, 3.8) is 0 Å². The first-order valence-corrected chi connectivity index (χ1v) is 7.35. The predicted octanol–water partition coefficient (Wildman–Crippen LogP) is 3.99. The van der Waals surface area contributed by atoms with Crippen LogP contribution in [0.4, 0.5) is 0 Å². The van der Waals surface area contributed by atoms with Gasteiger partial charge in [-0.15, -0.1) is 0 Å². The van der Waals surface area contributed by atoms with Crippen LogP contribution in [-0.2, 0) is 5.54 Å². The van der Waals surface area contributed by atoms with Crippen molar-refractivity contribution in [2.75, 3.05) is 0 Å². The van der Waals surface area contributed by atoms with Crippen molar-refractivity contribution in [1.29, 1.82) is 0 Å². The average Bonchev–Trinajstić information content (AvgIpc) is 2.47. The van der Waals surface area contributed by atoms with Crippen molar-refractivity contribution >= 4 is 10.8 Å². The van der Waals surface area contributed by atoms with Gasteiger partial charge in [-0.05, 0) is 48.6 Å². The highest BCUT2D eigenvalue weighted by molar-refractivity contribution is 5.85. The number of nitrogens with two attached hydrogens (primary N) is 1. The van der Waals surface area contributed by atoms with E-state index in [1.807, 2.05) is 12.4 Å². The van der Waals surface area contributed by atoms with Crippen LogP contribution in [-0.4, -0.2) is 4.98 Å². The SMILES string of the molecule is CCC1CCC(N)(c2cccc3cnccc23)CC1. The predicted molar refractivity (Wildman–Crippen MR) is 79.9 cm³/mol. The Balaban J connectivity index is 2.00. The molecule has 0 aliphatic heterocycles. The summed E-state index contributed by atoms with van der Waals surface area (Å²) < 4.78 is 0. The van der Waals surface area contributed by atoms with E-state index in [-0.39, 0.29) is 5.54 Å². The summed E-state index contributed by atoms with van der Waals surface area (Å²) in [4.78, 5) is 4.21. The Morgan fingerprint density at radius 1 is 1.26 bits per heavy atom. The van der Waals surface area contributed by atoms with E-state index in [2.05, 4.69) is 36.2 Å². The monoisotopic (exact) mass is 254 g/mol. The van der Waals surface area contributed by atoms with Crippen molar-refractivity contribution in [3.05, 3.63) is 42.2 Å². The Morgan fingerprint density at radius 2 is 2.05 bits per heavy atom. The lowest BCUT2D eigenvalue weighted by Crippen LogP contribution is -2.40. The first kappa shape index (κ1) is 12.6. The van der Waals surface area contributed by atoms with Crippen LogP contribution in [0.15, 0.2) is 36.7 Å². The Hall–Kier alpha value is -1.41. The number of hydrogen-bond donors (Lipinski definition) is 1. The highest BCUT2D eigenvalue weighted by Crippen LogP contribution is 2.40. The van der Waals surface area contributed by atoms with Gasteiger partial charge in [0.1, 0.15) is 0 Å². The molecule has 0 unspecified atom stereocenters. The summed E-state index contributed by atoms with van der Waals surface area (Å²) in [5, 5.41) is 2.47. The first-order valence-electron chi connectivity index (χ1n) is 7.35. The Labute approximate surface area is 115 Å². The molecule has 1 fully saturated rings. The van der Waals surface area contributed by atoms with Gasteiger partial charge in [0.05, 0.1) is 0 Å². The van der Waals surface area contributed by atoms with Crippen LogP contribution in [0.2, 0.25) is 0 Å². The minimum absolute atomic E-state index is 0.146. The average molecular weight is 254 g/mol. The molecular formula is C17H22N2. The van der Waals surface area contributed by atoms with E-state index >= 15 is 0 Å². The molecule has 1 aliphatic rings. The lowest BCUT2D eigenvalue weighted by atomic mass is 9.72. The van der Waals surface area contributed by atoms with Crippen molar-refractivity contribution in [2.24, 2.45) is 11.7 Å². The molecule has 2 N–H and O–H groups in total. The Kier molecular flexibility index (Phi) is 3.28. The molecular weight excluding hydrogens is 232 g/mol. The molecule has 0 saturated heterocycles. The molecule has 0 radical (unpaired) electrons. The Bertz CT molecular complexity index is 563. The van der Waals surface area contributed by atoms with Crippen molar-refractivity contribution in [3.8, 4) is 0 Å². The molecule has 0 spiro atoms. The topological polar surface area (TPSA) is 38.9 Å². The maximum Gasteiger partial charge on any atom is 0.0416 e. The number of fused-ring (bicyclic) bond motifs is 1. The van der Waals surface area contributed by atoms with Gasteiger partial charge in [0.25, 0.3) is 0 Å². The summed E-state index contributed by atoms with van der Waals surface area (Å²) in [5.41, 5.74) is 7.90. The van der Waals surface area contributed by atoms with Crippen LogP contribution < -0.4 is 5.73 Å². The Morgan fingerprint density at radius 3 is 2.79 bits per heavy atom. The lowest BCUT2D eigenvalue weighted by molar-refractivity contribution is 0.233. The van der Waals surface area contributed by atoms with E-state index in [4.69, 9.17) is 5.73 Å². The van der Waals surface area contributed by atoms with Crippen LogP contribution in [0.1, 0.15) is 44.6 Å². The van der Waals surface area contributed by atoms with Crippen molar-refractivity contribution < 1.29 is 0 Å². The lowest BCUT2D eigenvalue weighted by Gasteiger charge is -2.38. The second kappa shape index (κ2) is 4.93. The second-order valence-electron chi connectivity index (χ2n) is 5.91. The third-order valence-electron chi connectivity index (χ3n) is 4.79. The van der Waals surface area contributed by atoms with E-state index in [1.54, 1.807) is 0 Å². The maximum atomic E-state index is 6.74. The van der Waals surface area contributed by atoms with Crippen LogP contribution >= 0.6 is 0 Å². The molecule has 2 heteroatoms. The molecule has 1 saturated carbocycles. The minimum atomic E-state index is -0.146. The molecule has 1 heterocycles. The van der Waals surface area contributed by atoms with Gasteiger partial charge in [0.15, 0.2) is 0 Å². The third kappa shape index (κ3) is 2.25. The van der Waals surface area contributed by atoms with Gasteiger partial charge in [-0.2, -0.15) is 0 Å². The fourth-order valence-corrected chi connectivity index (χ4v) is 3.43. The fraction of sp³-hybridized carbons (Fsp3) is 0.471. The van der Waals surface area contributed by atoms with E-state index in [0.29, 0.717) is 0 Å². The summed E-state index contributed by atoms with van der Waals surface area (Å²) in [6, 6.07) is 8.53. The van der Waals surface area contributed by atoms with Gasteiger partial charge in [-0.1, -0.05) is 31.5 Å². The molecule has 3 rings (SSSR count). The molecule has 0 atom stereocenters. The van der Waals surface area contributed by atoms with Crippen LogP contribution in [0, 0.1) is 5.92 Å². The van der Waals surface area contributed by atoms with E-state index in [9.17, 15) is 0 Å². The van der Waals surface area contributed by atoms with Crippen LogP contribution in [0.5, 0.6) is 0 Å². The van der Waals surface area contributed by atoms with Crippen LogP contribution in [0.25, 0.3) is 10.8 Å².